The lowest BCUT2D eigenvalue weighted by Gasteiger charge is -2.16. The van der Waals surface area contributed by atoms with Crippen molar-refractivity contribution in [3.63, 3.8) is 0 Å². The van der Waals surface area contributed by atoms with E-state index in [0.717, 1.165) is 0 Å². The summed E-state index contributed by atoms with van der Waals surface area (Å²) in [6.07, 6.45) is 0. The average molecular weight is 391 g/mol. The van der Waals surface area contributed by atoms with Crippen molar-refractivity contribution in [1.82, 2.24) is 15.5 Å². The van der Waals surface area contributed by atoms with E-state index in [1.165, 1.54) is 23.1 Å². The van der Waals surface area contributed by atoms with E-state index < -0.39 is 6.61 Å². The number of carbonyl (C=O) groups excluding carboxylic acids is 1. The average Bonchev–Trinajstić information content (AvgIpc) is 2.55. The number of hydrogen-bond acceptors (Lipinski definition) is 3. The molecule has 1 rings (SSSR count). The molecular weight excluding hydrogens is 366 g/mol. The molecule has 1 amide bonds. The van der Waals surface area contributed by atoms with E-state index in [4.69, 9.17) is 11.6 Å². The highest BCUT2D eigenvalue weighted by molar-refractivity contribution is 6.30. The van der Waals surface area contributed by atoms with Crippen LogP contribution in [-0.4, -0.2) is 50.6 Å². The Bertz CT molecular complexity index is 625. The number of alkyl halides is 2. The summed E-state index contributed by atoms with van der Waals surface area (Å²) in [5.41, 5.74) is 0.419. The van der Waals surface area contributed by atoms with Crippen molar-refractivity contribution in [2.24, 2.45) is 10.9 Å². The van der Waals surface area contributed by atoms with Crippen LogP contribution in [0.3, 0.4) is 0 Å². The lowest BCUT2D eigenvalue weighted by atomic mass is 10.2. The van der Waals surface area contributed by atoms with Crippen molar-refractivity contribution >= 4 is 23.5 Å². The van der Waals surface area contributed by atoms with Gasteiger partial charge in [-0.3, -0.25) is 4.79 Å². The van der Waals surface area contributed by atoms with E-state index >= 15 is 0 Å². The quantitative estimate of drug-likeness (QED) is 0.529. The van der Waals surface area contributed by atoms with E-state index in [-0.39, 0.29) is 24.7 Å². The van der Waals surface area contributed by atoms with Gasteiger partial charge in [0.25, 0.3) is 0 Å². The summed E-state index contributed by atoms with van der Waals surface area (Å²) in [5.74, 6) is 0.654. The van der Waals surface area contributed by atoms with Crippen LogP contribution < -0.4 is 15.4 Å². The van der Waals surface area contributed by atoms with Crippen LogP contribution in [0.2, 0.25) is 5.02 Å². The lowest BCUT2D eigenvalue weighted by Crippen LogP contribution is -2.44. The van der Waals surface area contributed by atoms with Gasteiger partial charge >= 0.3 is 6.61 Å². The summed E-state index contributed by atoms with van der Waals surface area (Å²) in [4.78, 5) is 17.5. The Kier molecular flexibility index (Phi) is 9.12. The van der Waals surface area contributed by atoms with E-state index in [1.54, 1.807) is 14.1 Å². The summed E-state index contributed by atoms with van der Waals surface area (Å²) in [5, 5.41) is 6.42. The van der Waals surface area contributed by atoms with Crippen molar-refractivity contribution in [1.29, 1.82) is 0 Å². The van der Waals surface area contributed by atoms with Gasteiger partial charge in [0.05, 0.1) is 13.1 Å². The highest BCUT2D eigenvalue weighted by Gasteiger charge is 2.11. The van der Waals surface area contributed by atoms with Crippen LogP contribution in [0.5, 0.6) is 5.75 Å². The van der Waals surface area contributed by atoms with Gasteiger partial charge in [-0.15, -0.1) is 0 Å². The topological polar surface area (TPSA) is 66.0 Å². The second-order valence-corrected chi connectivity index (χ2v) is 6.65. The largest absolute Gasteiger partial charge is 0.434 e. The SMILES string of the molecule is CC(C)CNC(=NCc1cc(Cl)ccc1OC(F)F)NCC(=O)N(C)C. The zero-order valence-corrected chi connectivity index (χ0v) is 16.1. The van der Waals surface area contributed by atoms with Gasteiger partial charge in [-0.25, -0.2) is 4.99 Å². The fourth-order valence-electron chi connectivity index (χ4n) is 1.84. The monoisotopic (exact) mass is 390 g/mol. The molecule has 1 aromatic carbocycles. The van der Waals surface area contributed by atoms with E-state index in [9.17, 15) is 13.6 Å². The third-order valence-corrected chi connectivity index (χ3v) is 3.46. The van der Waals surface area contributed by atoms with Gasteiger partial charge < -0.3 is 20.3 Å². The van der Waals surface area contributed by atoms with Crippen LogP contribution in [0.25, 0.3) is 0 Å². The van der Waals surface area contributed by atoms with Crippen LogP contribution in [-0.2, 0) is 11.3 Å². The van der Waals surface area contributed by atoms with Gasteiger partial charge in [-0.05, 0) is 24.1 Å². The van der Waals surface area contributed by atoms with Gasteiger partial charge in [-0.1, -0.05) is 25.4 Å². The molecule has 0 atom stereocenters. The molecular formula is C17H25ClF2N4O2. The summed E-state index contributed by atoms with van der Waals surface area (Å²) >= 11 is 5.94. The Morgan fingerprint density at radius 3 is 2.58 bits per heavy atom. The molecule has 0 radical (unpaired) electrons. The van der Waals surface area contributed by atoms with Crippen LogP contribution in [0.4, 0.5) is 8.78 Å². The van der Waals surface area contributed by atoms with Crippen molar-refractivity contribution in [2.45, 2.75) is 27.0 Å². The molecule has 0 fully saturated rings. The molecule has 146 valence electrons. The highest BCUT2D eigenvalue weighted by Crippen LogP contribution is 2.25. The lowest BCUT2D eigenvalue weighted by molar-refractivity contribution is -0.127. The summed E-state index contributed by atoms with van der Waals surface area (Å²) in [6.45, 7) is 1.88. The minimum Gasteiger partial charge on any atom is -0.434 e. The molecule has 0 aliphatic rings. The first-order chi connectivity index (χ1) is 12.2. The van der Waals surface area contributed by atoms with Crippen LogP contribution in [0, 0.1) is 5.92 Å². The Balaban J connectivity index is 2.90. The predicted octanol–water partition coefficient (Wildman–Crippen LogP) is 2.72. The second-order valence-electron chi connectivity index (χ2n) is 6.21. The molecule has 0 aromatic heterocycles. The third kappa shape index (κ3) is 8.33. The molecule has 0 heterocycles. The molecule has 2 N–H and O–H groups in total. The van der Waals surface area contributed by atoms with Crippen molar-refractivity contribution in [2.75, 3.05) is 27.2 Å². The molecule has 1 aromatic rings. The van der Waals surface area contributed by atoms with Gasteiger partial charge in [0.2, 0.25) is 5.91 Å². The van der Waals surface area contributed by atoms with E-state index in [2.05, 4.69) is 20.4 Å². The molecule has 0 aliphatic heterocycles. The Hall–Kier alpha value is -2.09. The summed E-state index contributed by atoms with van der Waals surface area (Å²) in [6, 6.07) is 4.37. The number of rotatable bonds is 8. The molecule has 0 bridgehead atoms. The number of ether oxygens (including phenoxy) is 1. The molecule has 0 saturated heterocycles. The molecule has 9 heteroatoms. The second kappa shape index (κ2) is 10.8. The van der Waals surface area contributed by atoms with Gasteiger partial charge in [-0.2, -0.15) is 8.78 Å². The zero-order valence-electron chi connectivity index (χ0n) is 15.4. The van der Waals surface area contributed by atoms with Crippen LogP contribution in [0.1, 0.15) is 19.4 Å². The molecule has 0 aliphatic carbocycles. The first kappa shape index (κ1) is 22.0. The molecule has 26 heavy (non-hydrogen) atoms. The standard InChI is InChI=1S/C17H25ClF2N4O2/c1-11(2)8-21-17(23-10-15(25)24(3)4)22-9-12-7-13(18)5-6-14(12)26-16(19)20/h5-7,11,16H,8-10H2,1-4H3,(H2,21,22,23). The van der Waals surface area contributed by atoms with Crippen molar-refractivity contribution < 1.29 is 18.3 Å². The normalized spacial score (nSPS) is 11.7. The number of halogens is 3. The number of likely N-dealkylation sites (N-methyl/N-ethyl adjacent to an activating group) is 1. The summed E-state index contributed by atoms with van der Waals surface area (Å²) in [7, 11) is 3.31. The maximum Gasteiger partial charge on any atom is 0.387 e. The maximum atomic E-state index is 12.5. The Labute approximate surface area is 157 Å². The number of amides is 1. The number of carbonyl (C=O) groups is 1. The fraction of sp³-hybridized carbons (Fsp3) is 0.529. The summed E-state index contributed by atoms with van der Waals surface area (Å²) < 4.78 is 29.6. The number of aliphatic imine (C=N–C) groups is 1. The fourth-order valence-corrected chi connectivity index (χ4v) is 2.03. The molecule has 0 spiro atoms. The van der Waals surface area contributed by atoms with Gasteiger partial charge in [0.1, 0.15) is 5.75 Å². The molecule has 6 nitrogen and oxygen atoms in total. The molecule has 0 saturated carbocycles. The number of guanidine groups is 1. The zero-order chi connectivity index (χ0) is 19.7. The Morgan fingerprint density at radius 2 is 2.00 bits per heavy atom. The highest BCUT2D eigenvalue weighted by atomic mass is 35.5. The van der Waals surface area contributed by atoms with Crippen LogP contribution >= 0.6 is 11.6 Å². The van der Waals surface area contributed by atoms with Crippen LogP contribution in [0.15, 0.2) is 23.2 Å². The Morgan fingerprint density at radius 1 is 1.31 bits per heavy atom. The first-order valence-corrected chi connectivity index (χ1v) is 8.52. The number of nitrogens with one attached hydrogen (secondary N) is 2. The molecule has 0 unspecified atom stereocenters. The van der Waals surface area contributed by atoms with Crippen molar-refractivity contribution in [3.8, 4) is 5.75 Å². The van der Waals surface area contributed by atoms with Crippen molar-refractivity contribution in [3.05, 3.63) is 28.8 Å². The predicted molar refractivity (Wildman–Crippen MR) is 98.8 cm³/mol. The van der Waals surface area contributed by atoms with Gasteiger partial charge in [0.15, 0.2) is 5.96 Å². The maximum absolute atomic E-state index is 12.5. The van der Waals surface area contributed by atoms with E-state index in [1.807, 2.05) is 13.8 Å². The number of hydrogen-bond donors (Lipinski definition) is 2. The smallest absolute Gasteiger partial charge is 0.387 e. The van der Waals surface area contributed by atoms with E-state index in [0.29, 0.717) is 29.0 Å². The minimum atomic E-state index is -2.94. The van der Waals surface area contributed by atoms with Gasteiger partial charge in [0, 0.05) is 31.2 Å². The first-order valence-electron chi connectivity index (χ1n) is 8.14. The number of benzene rings is 1. The number of nitrogens with zero attached hydrogens (tertiary/aromatic N) is 2. The third-order valence-electron chi connectivity index (χ3n) is 3.23. The minimum absolute atomic E-state index is 0.0146.